The minimum Gasteiger partial charge on any atom is -0.464 e. The van der Waals surface area contributed by atoms with Gasteiger partial charge in [0.1, 0.15) is 6.10 Å². The number of nitrogens with two attached hydrogens (primary N) is 4. The van der Waals surface area contributed by atoms with Crippen molar-refractivity contribution in [2.75, 3.05) is 32.7 Å². The number of rotatable bonds is 40. The van der Waals surface area contributed by atoms with Crippen LogP contribution in [0.25, 0.3) is 0 Å². The summed E-state index contributed by atoms with van der Waals surface area (Å²) in [6.07, 6.45) is 18.3. The predicted molar refractivity (Wildman–Crippen MR) is 422 cm³/mol. The molecule has 0 bridgehead atoms. The fourth-order valence-electron chi connectivity index (χ4n) is 11.7. The molecule has 0 radical (unpaired) electrons. The van der Waals surface area contributed by atoms with E-state index in [1.807, 2.05) is 170 Å². The molecule has 0 heterocycles. The number of nitrogens with one attached hydrogen (secondary N) is 3. The van der Waals surface area contributed by atoms with E-state index in [1.54, 1.807) is 0 Å². The first-order chi connectivity index (χ1) is 49.2. The molecule has 11 N–H and O–H groups in total. The quantitative estimate of drug-likeness (QED) is 0.0182. The van der Waals surface area contributed by atoms with E-state index in [2.05, 4.69) is 123 Å². The van der Waals surface area contributed by atoms with E-state index in [-0.39, 0.29) is 53.7 Å². The Kier molecular flexibility index (Phi) is 45.6. The third-order valence-corrected chi connectivity index (χ3v) is 17.8. The lowest BCUT2D eigenvalue weighted by molar-refractivity contribution is -0.133. The fraction of sp³-hybridized carbons (Fsp3) is 0.416. The molecule has 12 heteroatoms. The van der Waals surface area contributed by atoms with E-state index in [0.29, 0.717) is 32.0 Å². The van der Waals surface area contributed by atoms with Gasteiger partial charge in [-0.1, -0.05) is 316 Å². The van der Waals surface area contributed by atoms with E-state index in [1.165, 1.54) is 83.0 Å². The summed E-state index contributed by atoms with van der Waals surface area (Å²) in [4.78, 5) is 48.9. The van der Waals surface area contributed by atoms with Gasteiger partial charge in [-0.3, -0.25) is 19.2 Å². The van der Waals surface area contributed by atoms with Crippen molar-refractivity contribution in [1.29, 1.82) is 0 Å². The highest BCUT2D eigenvalue weighted by Crippen LogP contribution is 2.20. The molecule has 3 amide bonds. The van der Waals surface area contributed by atoms with Gasteiger partial charge < -0.3 is 43.6 Å². The second kappa shape index (κ2) is 54.3. The first-order valence-corrected chi connectivity index (χ1v) is 37.4. The van der Waals surface area contributed by atoms with Crippen molar-refractivity contribution in [2.24, 2.45) is 52.5 Å². The Morgan fingerprint density at radius 2 is 0.584 bits per heavy atom. The van der Waals surface area contributed by atoms with Crippen LogP contribution in [0.5, 0.6) is 0 Å². The average Bonchev–Trinajstić information content (AvgIpc) is 1.05. The smallest absolute Gasteiger partial charge is 0.293 e. The molecule has 0 spiro atoms. The van der Waals surface area contributed by atoms with Crippen LogP contribution in [0, 0.1) is 29.6 Å². The van der Waals surface area contributed by atoms with Crippen LogP contribution in [-0.2, 0) is 75.3 Å². The summed E-state index contributed by atoms with van der Waals surface area (Å²) in [5.41, 5.74) is 32.6. The molecule has 12 nitrogen and oxygen atoms in total. The highest BCUT2D eigenvalue weighted by atomic mass is 16.5. The first kappa shape index (κ1) is 84.9. The Morgan fingerprint density at radius 3 is 0.832 bits per heavy atom. The van der Waals surface area contributed by atoms with Gasteiger partial charge in [0.15, 0.2) is 0 Å². The van der Waals surface area contributed by atoms with Crippen molar-refractivity contribution in [2.45, 2.75) is 175 Å². The molecule has 8 aromatic rings. The van der Waals surface area contributed by atoms with Crippen molar-refractivity contribution < 1.29 is 23.9 Å². The largest absolute Gasteiger partial charge is 0.464 e. The molecular weight excluding hydrogens is 1250 g/mol. The zero-order valence-electron chi connectivity index (χ0n) is 61.6. The van der Waals surface area contributed by atoms with Crippen molar-refractivity contribution in [3.63, 3.8) is 0 Å². The van der Waals surface area contributed by atoms with Crippen molar-refractivity contribution in [3.8, 4) is 0 Å². The molecular formula is C89H123N7O5. The lowest BCUT2D eigenvalue weighted by Gasteiger charge is -2.19. The average molecular weight is 1370 g/mol. The van der Waals surface area contributed by atoms with E-state index in [4.69, 9.17) is 27.7 Å². The van der Waals surface area contributed by atoms with Crippen molar-refractivity contribution in [3.05, 3.63) is 287 Å². The Hall–Kier alpha value is -8.52. The van der Waals surface area contributed by atoms with Crippen LogP contribution in [0.4, 0.5) is 0 Å². The second-order valence-electron chi connectivity index (χ2n) is 27.0. The summed E-state index contributed by atoms with van der Waals surface area (Å²) in [6, 6.07) is 81.5. The Morgan fingerprint density at radius 1 is 0.347 bits per heavy atom. The third-order valence-electron chi connectivity index (χ3n) is 17.8. The molecule has 544 valence electrons. The minimum absolute atomic E-state index is 0.0248. The highest BCUT2D eigenvalue weighted by molar-refractivity contribution is 5.80. The first-order valence-electron chi connectivity index (χ1n) is 37.4. The third kappa shape index (κ3) is 39.9. The summed E-state index contributed by atoms with van der Waals surface area (Å²) >= 11 is 0. The molecule has 0 saturated heterocycles. The topological polar surface area (TPSA) is 218 Å². The number of unbranched alkanes of at least 4 members (excludes halogenated alkanes) is 3. The van der Waals surface area contributed by atoms with Crippen LogP contribution in [0.3, 0.4) is 0 Å². The second-order valence-corrected chi connectivity index (χ2v) is 27.0. The zero-order chi connectivity index (χ0) is 72.8. The number of hydrogen-bond acceptors (Lipinski definition) is 9. The van der Waals surface area contributed by atoms with Crippen molar-refractivity contribution in [1.82, 2.24) is 16.0 Å². The number of ether oxygens (including phenoxy) is 1. The van der Waals surface area contributed by atoms with Crippen LogP contribution in [0.2, 0.25) is 0 Å². The molecule has 4 atom stereocenters. The van der Waals surface area contributed by atoms with Gasteiger partial charge in [-0.15, -0.1) is 0 Å². The maximum Gasteiger partial charge on any atom is 0.293 e. The molecule has 8 aromatic carbocycles. The van der Waals surface area contributed by atoms with Gasteiger partial charge in [0.05, 0.1) is 0 Å². The summed E-state index contributed by atoms with van der Waals surface area (Å²) in [6.45, 7) is 14.8. The fourth-order valence-corrected chi connectivity index (χ4v) is 11.7. The van der Waals surface area contributed by atoms with E-state index < -0.39 is 0 Å². The van der Waals surface area contributed by atoms with E-state index >= 15 is 0 Å². The van der Waals surface area contributed by atoms with Gasteiger partial charge in [-0.05, 0) is 140 Å². The maximum atomic E-state index is 12.8. The van der Waals surface area contributed by atoms with Crippen LogP contribution in [0.1, 0.15) is 150 Å². The molecule has 0 aliphatic rings. The number of carbonyl (C=O) groups is 4. The number of hydrogen-bond donors (Lipinski definition) is 7. The Balaban J connectivity index is 0.000000277. The summed E-state index contributed by atoms with van der Waals surface area (Å²) in [7, 11) is 0. The van der Waals surface area contributed by atoms with Gasteiger partial charge >= 0.3 is 0 Å². The zero-order valence-corrected chi connectivity index (χ0v) is 61.6. The van der Waals surface area contributed by atoms with Gasteiger partial charge in [0.2, 0.25) is 17.7 Å². The maximum absolute atomic E-state index is 12.8. The van der Waals surface area contributed by atoms with Crippen LogP contribution in [-0.4, -0.2) is 75.1 Å². The van der Waals surface area contributed by atoms with Crippen LogP contribution < -0.4 is 38.9 Å². The minimum atomic E-state index is -0.105. The number of carbonyl (C=O) groups excluding carboxylic acids is 4. The van der Waals surface area contributed by atoms with Gasteiger partial charge in [-0.2, -0.15) is 0 Å². The van der Waals surface area contributed by atoms with E-state index in [0.717, 1.165) is 102 Å². The normalized spacial score (nSPS) is 11.9. The lowest BCUT2D eigenvalue weighted by Crippen LogP contribution is -2.41. The van der Waals surface area contributed by atoms with Crippen LogP contribution >= 0.6 is 0 Å². The SMILES string of the molecule is CCCC[C@H](C)CN.CCCC[C@H](C)CNC(=O)C(Cc1ccccc1)Cc1ccccc1.CCCC[C@H](N)CNC(=O)C(Cc1ccccc1)Cc1ccccc1.NCCC[C@H](N)CNC(=O)C(Cc1ccccc1)Cc1ccccc1.O=COC(Cc1ccccc1)Cc1ccccc1. The monoisotopic (exact) mass is 1370 g/mol. The number of amides is 3. The van der Waals surface area contributed by atoms with Gasteiger partial charge in [0.25, 0.3) is 6.47 Å². The molecule has 0 saturated carbocycles. The Labute approximate surface area is 608 Å². The molecule has 101 heavy (non-hydrogen) atoms. The highest BCUT2D eigenvalue weighted by Gasteiger charge is 2.23. The standard InChI is InChI=1S/C23H31NO.C22H30N2O.C21H29N3O.C16H16O2.C7H17N/c1-3-4-11-19(2)18-24-23(25)22(16-20-12-7-5-8-13-20)17-21-14-9-6-10-15-21;1-2-3-14-21(23)17-24-22(25)20(15-18-10-6-4-7-11-18)16-19-12-8-5-9-13-19;22-13-7-12-20(23)16-24-21(25)19(14-17-8-3-1-4-9-17)15-18-10-5-2-6-11-18;17-13-18-16(11-14-7-3-1-4-8-14)12-15-9-5-2-6-10-15;1-3-4-5-7(2)6-8/h5-10,12-15,19,22H,3-4,11,16-18H2,1-2H3,(H,24,25);4-13,20-21H,2-3,14-17,23H2,1H3,(H,24,25);1-6,8-11,19-20H,7,12-16,22-23H2,(H,24,25);1-10,13,16H,11-12H2;7H,3-6,8H2,1-2H3/t19-;21-;20-;;7-/m000.0/s1. The molecule has 0 unspecified atom stereocenters. The predicted octanol–water partition coefficient (Wildman–Crippen LogP) is 15.8. The molecule has 0 aliphatic carbocycles. The van der Waals surface area contributed by atoms with E-state index in [9.17, 15) is 19.2 Å². The van der Waals surface area contributed by atoms with Gasteiger partial charge in [-0.25, -0.2) is 0 Å². The summed E-state index contributed by atoms with van der Waals surface area (Å²) in [5, 5.41) is 9.29. The molecule has 0 fully saturated rings. The number of benzene rings is 8. The lowest BCUT2D eigenvalue weighted by atomic mass is 9.91. The van der Waals surface area contributed by atoms with Crippen molar-refractivity contribution >= 4 is 24.2 Å². The Bertz CT molecular complexity index is 2870. The molecule has 0 aromatic heterocycles. The summed E-state index contributed by atoms with van der Waals surface area (Å²) < 4.78 is 5.17. The molecule has 8 rings (SSSR count). The van der Waals surface area contributed by atoms with Gasteiger partial charge in [0, 0.05) is 62.3 Å². The molecule has 0 aliphatic heterocycles. The summed E-state index contributed by atoms with van der Waals surface area (Å²) in [5.74, 6) is 1.40. The van der Waals surface area contributed by atoms with Crippen LogP contribution in [0.15, 0.2) is 243 Å².